The van der Waals surface area contributed by atoms with Gasteiger partial charge in [-0.2, -0.15) is 0 Å². The van der Waals surface area contributed by atoms with Crippen LogP contribution in [0.5, 0.6) is 0 Å². The largest absolute Gasteiger partial charge is 0.347 e. The fourth-order valence-corrected chi connectivity index (χ4v) is 4.11. The van der Waals surface area contributed by atoms with Crippen molar-refractivity contribution in [2.45, 2.75) is 39.3 Å². The lowest BCUT2D eigenvalue weighted by Gasteiger charge is -2.32. The number of benzene rings is 1. The first-order valence-electron chi connectivity index (χ1n) is 10.4. The molecule has 1 fully saturated rings. The van der Waals surface area contributed by atoms with Crippen LogP contribution in [-0.2, 0) is 19.5 Å². The summed E-state index contributed by atoms with van der Waals surface area (Å²) < 4.78 is 1.98. The van der Waals surface area contributed by atoms with Crippen molar-refractivity contribution in [1.29, 1.82) is 0 Å². The van der Waals surface area contributed by atoms with Crippen LogP contribution in [0.15, 0.2) is 24.3 Å². The summed E-state index contributed by atoms with van der Waals surface area (Å²) in [5, 5.41) is 3.00. The summed E-state index contributed by atoms with van der Waals surface area (Å²) >= 11 is 0. The molecule has 2 amide bonds. The molecule has 0 spiro atoms. The van der Waals surface area contributed by atoms with E-state index in [2.05, 4.69) is 22.2 Å². The molecule has 154 valence electrons. The van der Waals surface area contributed by atoms with Gasteiger partial charge in [-0.05, 0) is 44.4 Å². The second kappa shape index (κ2) is 8.37. The van der Waals surface area contributed by atoms with Crippen molar-refractivity contribution in [2.24, 2.45) is 0 Å². The molecule has 7 heteroatoms. The van der Waals surface area contributed by atoms with E-state index >= 15 is 0 Å². The van der Waals surface area contributed by atoms with Crippen molar-refractivity contribution in [3.8, 4) is 0 Å². The smallest absolute Gasteiger partial charge is 0.289 e. The number of rotatable bonds is 4. The number of amides is 2. The monoisotopic (exact) mass is 395 g/mol. The van der Waals surface area contributed by atoms with Crippen molar-refractivity contribution < 1.29 is 9.59 Å². The summed E-state index contributed by atoms with van der Waals surface area (Å²) in [6.07, 6.45) is 2.82. The third-order valence-corrected chi connectivity index (χ3v) is 6.02. The molecule has 29 heavy (non-hydrogen) atoms. The Kier molecular flexibility index (Phi) is 5.67. The van der Waals surface area contributed by atoms with E-state index in [4.69, 9.17) is 0 Å². The van der Waals surface area contributed by atoms with Gasteiger partial charge in [-0.1, -0.05) is 24.3 Å². The minimum atomic E-state index is -0.198. The molecule has 0 bridgehead atoms. The van der Waals surface area contributed by atoms with E-state index in [1.165, 1.54) is 0 Å². The topological polar surface area (TPSA) is 70.5 Å². The minimum absolute atomic E-state index is 0.0563. The summed E-state index contributed by atoms with van der Waals surface area (Å²) in [6.45, 7) is 6.37. The molecule has 2 aliphatic rings. The molecule has 4 rings (SSSR count). The second-order valence-corrected chi connectivity index (χ2v) is 8.04. The van der Waals surface area contributed by atoms with Crippen LogP contribution in [0.3, 0.4) is 0 Å². The zero-order valence-corrected chi connectivity index (χ0v) is 17.3. The van der Waals surface area contributed by atoms with Gasteiger partial charge in [0.05, 0.1) is 5.69 Å². The molecule has 2 aliphatic heterocycles. The number of nitrogens with one attached hydrogen (secondary N) is 1. The number of fused-ring (bicyclic) bond motifs is 1. The van der Waals surface area contributed by atoms with Crippen LogP contribution >= 0.6 is 0 Å². The number of carbonyl (C=O) groups excluding carboxylic acids is 2. The molecule has 7 nitrogen and oxygen atoms in total. The molecule has 1 aromatic heterocycles. The van der Waals surface area contributed by atoms with Gasteiger partial charge >= 0.3 is 0 Å². The number of nitrogens with zero attached hydrogens (tertiary/aromatic N) is 4. The first-order chi connectivity index (χ1) is 14.0. The third kappa shape index (κ3) is 4.05. The van der Waals surface area contributed by atoms with Gasteiger partial charge in [0.2, 0.25) is 0 Å². The van der Waals surface area contributed by atoms with Crippen LogP contribution in [0.25, 0.3) is 0 Å². The Morgan fingerprint density at radius 2 is 1.83 bits per heavy atom. The average molecular weight is 396 g/mol. The van der Waals surface area contributed by atoms with E-state index in [0.29, 0.717) is 31.2 Å². The van der Waals surface area contributed by atoms with Crippen molar-refractivity contribution in [3.63, 3.8) is 0 Å². The van der Waals surface area contributed by atoms with E-state index in [1.807, 2.05) is 40.7 Å². The predicted octanol–water partition coefficient (Wildman–Crippen LogP) is 1.85. The first kappa shape index (κ1) is 19.6. The number of imidazole rings is 1. The van der Waals surface area contributed by atoms with E-state index in [9.17, 15) is 9.59 Å². The number of hydrogen-bond acceptors (Lipinski definition) is 4. The quantitative estimate of drug-likeness (QED) is 0.858. The van der Waals surface area contributed by atoms with Crippen LogP contribution in [0.2, 0.25) is 0 Å². The maximum Gasteiger partial charge on any atom is 0.289 e. The van der Waals surface area contributed by atoms with Gasteiger partial charge in [0.15, 0.2) is 5.82 Å². The molecular weight excluding hydrogens is 366 g/mol. The zero-order chi connectivity index (χ0) is 20.4. The summed E-state index contributed by atoms with van der Waals surface area (Å²) in [5.74, 6) is 0.167. The van der Waals surface area contributed by atoms with Crippen LogP contribution in [0.1, 0.15) is 50.8 Å². The summed E-state index contributed by atoms with van der Waals surface area (Å²) in [5.41, 5.74) is 3.54. The standard InChI is InChI=1S/C22H29N5O2/c1-16-7-3-4-8-17(16)15-23-21(28)19-18-9-5-6-10-27(18)20(24-19)22(29)26-13-11-25(2)12-14-26/h3-4,7-8H,5-6,9-15H2,1-2H3,(H,23,28). The van der Waals surface area contributed by atoms with E-state index in [1.54, 1.807) is 0 Å². The lowest BCUT2D eigenvalue weighted by Crippen LogP contribution is -2.47. The van der Waals surface area contributed by atoms with Crippen LogP contribution in [-0.4, -0.2) is 64.4 Å². The molecule has 0 unspecified atom stereocenters. The molecular formula is C22H29N5O2. The van der Waals surface area contributed by atoms with Gasteiger partial charge < -0.3 is 19.7 Å². The predicted molar refractivity (Wildman–Crippen MR) is 111 cm³/mol. The fourth-order valence-electron chi connectivity index (χ4n) is 4.11. The van der Waals surface area contributed by atoms with Crippen molar-refractivity contribution in [3.05, 3.63) is 52.6 Å². The SMILES string of the molecule is Cc1ccccc1CNC(=O)c1nc(C(=O)N2CCN(C)CC2)n2c1CCCC2. The summed E-state index contributed by atoms with van der Waals surface area (Å²) in [4.78, 5) is 34.7. The van der Waals surface area contributed by atoms with Crippen LogP contribution in [0.4, 0.5) is 0 Å². The number of aromatic nitrogens is 2. The Morgan fingerprint density at radius 1 is 1.07 bits per heavy atom. The van der Waals surface area contributed by atoms with E-state index < -0.39 is 0 Å². The highest BCUT2D eigenvalue weighted by atomic mass is 16.2. The number of piperazine rings is 1. The van der Waals surface area contributed by atoms with Crippen LogP contribution < -0.4 is 5.32 Å². The fraction of sp³-hybridized carbons (Fsp3) is 0.500. The molecule has 3 heterocycles. The summed E-state index contributed by atoms with van der Waals surface area (Å²) in [6, 6.07) is 8.01. The zero-order valence-electron chi connectivity index (χ0n) is 17.3. The minimum Gasteiger partial charge on any atom is -0.347 e. The van der Waals surface area contributed by atoms with Crippen LogP contribution in [0, 0.1) is 6.92 Å². The van der Waals surface area contributed by atoms with Gasteiger partial charge in [0.1, 0.15) is 5.69 Å². The van der Waals surface area contributed by atoms with Crippen molar-refractivity contribution in [2.75, 3.05) is 33.2 Å². The average Bonchev–Trinajstić information content (AvgIpc) is 3.13. The second-order valence-electron chi connectivity index (χ2n) is 8.04. The van der Waals surface area contributed by atoms with Gasteiger partial charge in [0, 0.05) is 39.3 Å². The number of hydrogen-bond donors (Lipinski definition) is 1. The normalized spacial score (nSPS) is 17.1. The van der Waals surface area contributed by atoms with Gasteiger partial charge in [0.25, 0.3) is 11.8 Å². The lowest BCUT2D eigenvalue weighted by atomic mass is 10.1. The maximum atomic E-state index is 13.1. The molecule has 1 aromatic carbocycles. The highest BCUT2D eigenvalue weighted by Gasteiger charge is 2.30. The number of aryl methyl sites for hydroxylation is 1. The Labute approximate surface area is 171 Å². The Balaban J connectivity index is 1.55. The molecule has 0 atom stereocenters. The first-order valence-corrected chi connectivity index (χ1v) is 10.4. The van der Waals surface area contributed by atoms with Gasteiger partial charge in [-0.3, -0.25) is 9.59 Å². The summed E-state index contributed by atoms with van der Waals surface area (Å²) in [7, 11) is 2.07. The highest BCUT2D eigenvalue weighted by molar-refractivity contribution is 5.97. The third-order valence-electron chi connectivity index (χ3n) is 6.02. The molecule has 2 aromatic rings. The van der Waals surface area contributed by atoms with E-state index in [0.717, 1.165) is 55.7 Å². The highest BCUT2D eigenvalue weighted by Crippen LogP contribution is 2.22. The molecule has 1 saturated heterocycles. The van der Waals surface area contributed by atoms with Gasteiger partial charge in [-0.15, -0.1) is 0 Å². The van der Waals surface area contributed by atoms with Gasteiger partial charge in [-0.25, -0.2) is 4.98 Å². The Bertz CT molecular complexity index is 912. The number of carbonyl (C=O) groups is 2. The molecule has 0 saturated carbocycles. The van der Waals surface area contributed by atoms with E-state index in [-0.39, 0.29) is 11.8 Å². The van der Waals surface area contributed by atoms with Crippen molar-refractivity contribution in [1.82, 2.24) is 24.7 Å². The Morgan fingerprint density at radius 3 is 2.59 bits per heavy atom. The number of likely N-dealkylation sites (N-methyl/N-ethyl adjacent to an activating group) is 1. The lowest BCUT2D eigenvalue weighted by molar-refractivity contribution is 0.0645. The molecule has 0 aliphatic carbocycles. The Hall–Kier alpha value is -2.67. The van der Waals surface area contributed by atoms with Crippen molar-refractivity contribution >= 4 is 11.8 Å². The molecule has 1 N–H and O–H groups in total. The molecule has 0 radical (unpaired) electrons. The maximum absolute atomic E-state index is 13.1.